The molecule has 0 fully saturated rings. The predicted octanol–water partition coefficient (Wildman–Crippen LogP) is 0.936. The molecule has 5 nitrogen and oxygen atoms in total. The van der Waals surface area contributed by atoms with E-state index in [-0.39, 0.29) is 5.69 Å². The second-order valence-corrected chi connectivity index (χ2v) is 3.06. The number of nitriles is 1. The average Bonchev–Trinajstić information content (AvgIpc) is 2.57. The van der Waals surface area contributed by atoms with Gasteiger partial charge in [-0.05, 0) is 12.1 Å². The van der Waals surface area contributed by atoms with E-state index in [1.807, 2.05) is 24.3 Å². The van der Waals surface area contributed by atoms with Crippen molar-refractivity contribution in [2.75, 3.05) is 5.73 Å². The minimum absolute atomic E-state index is 0.234. The molecule has 0 radical (unpaired) electrons. The topological polar surface area (TPSA) is 80.5 Å². The number of imidazole rings is 1. The molecule has 2 N–H and O–H groups in total. The van der Waals surface area contributed by atoms with E-state index >= 15 is 0 Å². The van der Waals surface area contributed by atoms with Crippen LogP contribution in [0.2, 0.25) is 0 Å². The summed E-state index contributed by atoms with van der Waals surface area (Å²) in [5.41, 5.74) is 6.64. The number of nitrogens with zero attached hydrogens (tertiary/aromatic N) is 4. The Kier molecular flexibility index (Phi) is 2.10. The number of nitrogens with two attached hydrogens (primary N) is 1. The zero-order valence-corrected chi connectivity index (χ0v) is 8.18. The fourth-order valence-corrected chi connectivity index (χ4v) is 1.32. The summed E-state index contributed by atoms with van der Waals surface area (Å²) in [6.07, 6.45) is 1.67. The molecule has 5 heteroatoms. The lowest BCUT2D eigenvalue weighted by molar-refractivity contribution is 0.929. The lowest BCUT2D eigenvalue weighted by Crippen LogP contribution is -1.99. The van der Waals surface area contributed by atoms with Gasteiger partial charge in [0.15, 0.2) is 11.5 Å². The first-order valence-electron chi connectivity index (χ1n) is 4.37. The van der Waals surface area contributed by atoms with Gasteiger partial charge < -0.3 is 10.3 Å². The van der Waals surface area contributed by atoms with E-state index in [2.05, 4.69) is 9.97 Å². The fraction of sp³-hybridized carbons (Fsp3) is 0.100. The summed E-state index contributed by atoms with van der Waals surface area (Å²) in [6.45, 7) is 0. The normalized spacial score (nSPS) is 9.87. The summed E-state index contributed by atoms with van der Waals surface area (Å²) in [6, 6.07) is 7.44. The summed E-state index contributed by atoms with van der Waals surface area (Å²) in [4.78, 5) is 8.26. The number of hydrogen-bond acceptors (Lipinski definition) is 4. The average molecular weight is 199 g/mol. The SMILES string of the molecule is Cn1c(-c2ccccn2)nc(C#N)c1N. The monoisotopic (exact) mass is 199 g/mol. The predicted molar refractivity (Wildman–Crippen MR) is 55.6 cm³/mol. The number of aromatic nitrogens is 3. The molecule has 0 saturated carbocycles. The molecule has 0 aliphatic rings. The standard InChI is InChI=1S/C10H9N5/c1-15-9(12)8(6-11)14-10(15)7-4-2-3-5-13-7/h2-5H,12H2,1H3. The summed E-state index contributed by atoms with van der Waals surface area (Å²) in [5.74, 6) is 0.961. The molecular weight excluding hydrogens is 190 g/mol. The third kappa shape index (κ3) is 1.42. The zero-order chi connectivity index (χ0) is 10.8. The lowest BCUT2D eigenvalue weighted by atomic mass is 10.3. The molecular formula is C10H9N5. The van der Waals surface area contributed by atoms with Gasteiger partial charge in [0, 0.05) is 13.2 Å². The van der Waals surface area contributed by atoms with Gasteiger partial charge in [-0.2, -0.15) is 5.26 Å². The van der Waals surface area contributed by atoms with Crippen LogP contribution in [0.15, 0.2) is 24.4 Å². The smallest absolute Gasteiger partial charge is 0.183 e. The second kappa shape index (κ2) is 3.42. The largest absolute Gasteiger partial charge is 0.383 e. The van der Waals surface area contributed by atoms with Crippen LogP contribution in [-0.4, -0.2) is 14.5 Å². The first kappa shape index (κ1) is 9.21. The molecule has 2 aromatic heterocycles. The van der Waals surface area contributed by atoms with Crippen molar-refractivity contribution in [3.8, 4) is 17.6 Å². The van der Waals surface area contributed by atoms with E-state index in [0.29, 0.717) is 17.3 Å². The van der Waals surface area contributed by atoms with Crippen molar-refractivity contribution >= 4 is 5.82 Å². The number of hydrogen-bond donors (Lipinski definition) is 1. The molecule has 0 amide bonds. The molecule has 0 saturated heterocycles. The third-order valence-corrected chi connectivity index (χ3v) is 2.14. The van der Waals surface area contributed by atoms with Gasteiger partial charge in [0.2, 0.25) is 0 Å². The van der Waals surface area contributed by atoms with E-state index in [9.17, 15) is 0 Å². The molecule has 0 aliphatic heterocycles. The van der Waals surface area contributed by atoms with Crippen LogP contribution in [0.3, 0.4) is 0 Å². The second-order valence-electron chi connectivity index (χ2n) is 3.06. The van der Waals surface area contributed by atoms with Crippen LogP contribution in [0.1, 0.15) is 5.69 Å². The highest BCUT2D eigenvalue weighted by molar-refractivity contribution is 5.58. The maximum Gasteiger partial charge on any atom is 0.183 e. The highest BCUT2D eigenvalue weighted by Gasteiger charge is 2.13. The van der Waals surface area contributed by atoms with Gasteiger partial charge in [-0.25, -0.2) is 4.98 Å². The first-order valence-corrected chi connectivity index (χ1v) is 4.37. The van der Waals surface area contributed by atoms with Crippen molar-refractivity contribution in [3.05, 3.63) is 30.1 Å². The molecule has 0 bridgehead atoms. The van der Waals surface area contributed by atoms with Gasteiger partial charge in [-0.15, -0.1) is 0 Å². The number of nitrogen functional groups attached to an aromatic ring is 1. The Balaban J connectivity index is 2.61. The minimum Gasteiger partial charge on any atom is -0.383 e. The van der Waals surface area contributed by atoms with Crippen LogP contribution < -0.4 is 5.73 Å². The van der Waals surface area contributed by atoms with Gasteiger partial charge >= 0.3 is 0 Å². The van der Waals surface area contributed by atoms with Crippen LogP contribution in [0.25, 0.3) is 11.5 Å². The molecule has 0 spiro atoms. The Bertz CT molecular complexity index is 521. The molecule has 0 aromatic carbocycles. The summed E-state index contributed by atoms with van der Waals surface area (Å²) >= 11 is 0. The van der Waals surface area contributed by atoms with Crippen molar-refractivity contribution in [1.29, 1.82) is 5.26 Å². The van der Waals surface area contributed by atoms with E-state index in [4.69, 9.17) is 11.0 Å². The molecule has 2 aromatic rings. The van der Waals surface area contributed by atoms with Gasteiger partial charge in [-0.3, -0.25) is 4.98 Å². The Labute approximate surface area is 86.8 Å². The quantitative estimate of drug-likeness (QED) is 0.741. The van der Waals surface area contributed by atoms with Crippen molar-refractivity contribution in [3.63, 3.8) is 0 Å². The van der Waals surface area contributed by atoms with Crippen molar-refractivity contribution in [2.45, 2.75) is 0 Å². The number of anilines is 1. The Morgan fingerprint density at radius 1 is 1.47 bits per heavy atom. The van der Waals surface area contributed by atoms with Gasteiger partial charge in [0.25, 0.3) is 0 Å². The van der Waals surface area contributed by atoms with E-state index in [1.54, 1.807) is 17.8 Å². The number of pyridine rings is 1. The molecule has 0 atom stereocenters. The third-order valence-electron chi connectivity index (χ3n) is 2.14. The highest BCUT2D eigenvalue weighted by Crippen LogP contribution is 2.20. The lowest BCUT2D eigenvalue weighted by Gasteiger charge is -2.00. The van der Waals surface area contributed by atoms with E-state index < -0.39 is 0 Å². The Morgan fingerprint density at radius 2 is 2.27 bits per heavy atom. The van der Waals surface area contributed by atoms with Gasteiger partial charge in [0.1, 0.15) is 17.6 Å². The number of rotatable bonds is 1. The van der Waals surface area contributed by atoms with Crippen LogP contribution in [0.5, 0.6) is 0 Å². The fourth-order valence-electron chi connectivity index (χ4n) is 1.32. The van der Waals surface area contributed by atoms with Gasteiger partial charge in [0.05, 0.1) is 0 Å². The molecule has 2 heterocycles. The maximum atomic E-state index is 8.78. The summed E-state index contributed by atoms with van der Waals surface area (Å²) in [7, 11) is 1.76. The van der Waals surface area contributed by atoms with E-state index in [0.717, 1.165) is 0 Å². The molecule has 0 unspecified atom stereocenters. The minimum atomic E-state index is 0.234. The molecule has 2 rings (SSSR count). The Hall–Kier alpha value is -2.35. The van der Waals surface area contributed by atoms with Gasteiger partial charge in [-0.1, -0.05) is 6.07 Å². The molecule has 15 heavy (non-hydrogen) atoms. The first-order chi connectivity index (χ1) is 7.24. The van der Waals surface area contributed by atoms with Crippen molar-refractivity contribution in [1.82, 2.24) is 14.5 Å². The van der Waals surface area contributed by atoms with E-state index in [1.165, 1.54) is 0 Å². The summed E-state index contributed by atoms with van der Waals surface area (Å²) in [5, 5.41) is 8.78. The summed E-state index contributed by atoms with van der Waals surface area (Å²) < 4.78 is 1.65. The van der Waals surface area contributed by atoms with Crippen LogP contribution in [-0.2, 0) is 7.05 Å². The Morgan fingerprint density at radius 3 is 2.80 bits per heavy atom. The molecule has 0 aliphatic carbocycles. The maximum absolute atomic E-state index is 8.78. The highest BCUT2D eigenvalue weighted by atomic mass is 15.1. The van der Waals surface area contributed by atoms with Crippen LogP contribution >= 0.6 is 0 Å². The van der Waals surface area contributed by atoms with Crippen molar-refractivity contribution < 1.29 is 0 Å². The molecule has 74 valence electrons. The van der Waals surface area contributed by atoms with Crippen molar-refractivity contribution in [2.24, 2.45) is 7.05 Å². The van der Waals surface area contributed by atoms with Crippen LogP contribution in [0.4, 0.5) is 5.82 Å². The van der Waals surface area contributed by atoms with Crippen LogP contribution in [0, 0.1) is 11.3 Å². The zero-order valence-electron chi connectivity index (χ0n) is 8.18.